The molecular weight excluding hydrogens is 326 g/mol. The molecule has 26 heavy (non-hydrogen) atoms. The Labute approximate surface area is 151 Å². The Balaban J connectivity index is 2.02. The summed E-state index contributed by atoms with van der Waals surface area (Å²) in [5.74, 6) is 0.704. The summed E-state index contributed by atoms with van der Waals surface area (Å²) in [4.78, 5) is 2.70. The summed E-state index contributed by atoms with van der Waals surface area (Å²) in [5, 5.41) is 14.2. The van der Waals surface area contributed by atoms with Gasteiger partial charge in [-0.1, -0.05) is 17.2 Å². The van der Waals surface area contributed by atoms with Crippen LogP contribution in [0.25, 0.3) is 32.6 Å². The van der Waals surface area contributed by atoms with Crippen molar-refractivity contribution in [2.45, 2.75) is 20.4 Å². The minimum absolute atomic E-state index is 0.292. The number of nitriles is 1. The van der Waals surface area contributed by atoms with Crippen LogP contribution in [0, 0.1) is 18.3 Å². The van der Waals surface area contributed by atoms with E-state index in [4.69, 9.17) is 10.3 Å². The van der Waals surface area contributed by atoms with Gasteiger partial charge in [-0.2, -0.15) is 5.26 Å². The number of hydrogen-bond acceptors (Lipinski definition) is 3. The van der Waals surface area contributed by atoms with Crippen LogP contribution in [0.5, 0.6) is 5.75 Å². The fourth-order valence-electron chi connectivity index (χ4n) is 3.16. The molecule has 2 aromatic carbocycles. The van der Waals surface area contributed by atoms with Crippen LogP contribution in [0.2, 0.25) is 0 Å². The first kappa shape index (κ1) is 17.4. The van der Waals surface area contributed by atoms with Gasteiger partial charge in [-0.05, 0) is 60.8 Å². The summed E-state index contributed by atoms with van der Waals surface area (Å²) in [5.41, 5.74) is 13.1. The molecule has 0 aliphatic rings. The fourth-order valence-corrected chi connectivity index (χ4v) is 3.16. The Morgan fingerprint density at radius 1 is 1.23 bits per heavy atom. The Kier molecular flexibility index (Phi) is 5.12. The van der Waals surface area contributed by atoms with E-state index in [1.165, 1.54) is 5.56 Å². The number of rotatable bonds is 6. The quantitative estimate of drug-likeness (QED) is 0.266. The van der Waals surface area contributed by atoms with Gasteiger partial charge >= 0.3 is 0 Å². The second kappa shape index (κ2) is 7.64. The molecule has 1 aromatic heterocycles. The summed E-state index contributed by atoms with van der Waals surface area (Å²) in [6.45, 7) is 5.54. The zero-order chi connectivity index (χ0) is 18.5. The molecule has 0 N–H and O–H groups in total. The summed E-state index contributed by atoms with van der Waals surface area (Å²) < 4.78 is 7.73. The molecule has 0 saturated carbocycles. The van der Waals surface area contributed by atoms with Crippen molar-refractivity contribution >= 4 is 10.9 Å². The molecule has 130 valence electrons. The van der Waals surface area contributed by atoms with Crippen molar-refractivity contribution < 1.29 is 4.74 Å². The normalized spacial score (nSPS) is 10.3. The van der Waals surface area contributed by atoms with Crippen LogP contribution in [0.1, 0.15) is 18.1 Å². The van der Waals surface area contributed by atoms with Crippen molar-refractivity contribution in [3.05, 3.63) is 64.0 Å². The van der Waals surface area contributed by atoms with Gasteiger partial charge in [0, 0.05) is 16.8 Å². The van der Waals surface area contributed by atoms with Crippen LogP contribution in [-0.4, -0.2) is 17.7 Å². The maximum Gasteiger partial charge on any atom is 0.119 e. The van der Waals surface area contributed by atoms with Crippen molar-refractivity contribution in [2.75, 3.05) is 13.2 Å². The van der Waals surface area contributed by atoms with Gasteiger partial charge in [0.15, 0.2) is 0 Å². The molecule has 3 rings (SSSR count). The van der Waals surface area contributed by atoms with Gasteiger partial charge in [-0.15, -0.1) is 0 Å². The lowest BCUT2D eigenvalue weighted by atomic mass is 10.1. The van der Waals surface area contributed by atoms with Gasteiger partial charge in [0.1, 0.15) is 11.8 Å². The average Bonchev–Trinajstić information content (AvgIpc) is 2.98. The monoisotopic (exact) mass is 345 g/mol. The molecule has 0 spiro atoms. The van der Waals surface area contributed by atoms with E-state index in [9.17, 15) is 5.26 Å². The molecule has 0 unspecified atom stereocenters. The molecule has 1 heterocycles. The largest absolute Gasteiger partial charge is 0.493 e. The van der Waals surface area contributed by atoms with E-state index in [0.29, 0.717) is 24.5 Å². The van der Waals surface area contributed by atoms with Gasteiger partial charge < -0.3 is 9.30 Å². The number of ether oxygens (including phenoxy) is 1. The number of nitrogens with zero attached hydrogens (tertiary/aromatic N) is 5. The third-order valence-corrected chi connectivity index (χ3v) is 4.30. The molecular formula is C20H19N5O. The Hall–Kier alpha value is -3.42. The van der Waals surface area contributed by atoms with Gasteiger partial charge in [-0.25, -0.2) is 0 Å². The standard InChI is InChI=1S/C20H19N5O/c1-3-25-19-12-14(2)4-9-17(19)18(13-21)20(25)15-5-7-16(8-6-15)26-11-10-23-24-22/h4-9,12H,3,10-11H2,1-2H3. The summed E-state index contributed by atoms with van der Waals surface area (Å²) in [7, 11) is 0. The van der Waals surface area contributed by atoms with Crippen LogP contribution < -0.4 is 4.74 Å². The van der Waals surface area contributed by atoms with Crippen molar-refractivity contribution in [1.29, 1.82) is 5.26 Å². The van der Waals surface area contributed by atoms with E-state index in [1.807, 2.05) is 36.4 Å². The van der Waals surface area contributed by atoms with E-state index < -0.39 is 0 Å². The van der Waals surface area contributed by atoms with Crippen molar-refractivity contribution in [1.82, 2.24) is 4.57 Å². The Morgan fingerprint density at radius 2 is 2.00 bits per heavy atom. The van der Waals surface area contributed by atoms with E-state index in [1.54, 1.807) is 0 Å². The van der Waals surface area contributed by atoms with Gasteiger partial charge in [0.05, 0.1) is 29.9 Å². The lowest BCUT2D eigenvalue weighted by molar-refractivity contribution is 0.328. The molecule has 0 saturated heterocycles. The van der Waals surface area contributed by atoms with E-state index >= 15 is 0 Å². The molecule has 3 aromatic rings. The van der Waals surface area contributed by atoms with Crippen LogP contribution in [0.15, 0.2) is 47.6 Å². The lowest BCUT2D eigenvalue weighted by Gasteiger charge is -2.10. The molecule has 0 bridgehead atoms. The third-order valence-electron chi connectivity index (χ3n) is 4.30. The van der Waals surface area contributed by atoms with E-state index in [-0.39, 0.29) is 0 Å². The predicted molar refractivity (Wildman–Crippen MR) is 102 cm³/mol. The first-order valence-corrected chi connectivity index (χ1v) is 8.46. The SMILES string of the molecule is CCn1c(-c2ccc(OCCN=[N+]=[N-])cc2)c(C#N)c2ccc(C)cc21. The Morgan fingerprint density at radius 3 is 2.65 bits per heavy atom. The third kappa shape index (κ3) is 3.21. The molecule has 0 aliphatic heterocycles. The lowest BCUT2D eigenvalue weighted by Crippen LogP contribution is -2.00. The van der Waals surface area contributed by atoms with Crippen LogP contribution >= 0.6 is 0 Å². The van der Waals surface area contributed by atoms with Gasteiger partial charge in [0.25, 0.3) is 0 Å². The number of azide groups is 1. The summed E-state index contributed by atoms with van der Waals surface area (Å²) >= 11 is 0. The Bertz CT molecular complexity index is 1020. The number of aryl methyl sites for hydroxylation is 2. The molecule has 0 fully saturated rings. The highest BCUT2D eigenvalue weighted by Crippen LogP contribution is 2.34. The van der Waals surface area contributed by atoms with Gasteiger partial charge in [-0.3, -0.25) is 0 Å². The highest BCUT2D eigenvalue weighted by molar-refractivity contribution is 5.94. The van der Waals surface area contributed by atoms with E-state index in [2.05, 4.69) is 40.6 Å². The number of hydrogen-bond donors (Lipinski definition) is 0. The first-order valence-electron chi connectivity index (χ1n) is 8.46. The second-order valence-corrected chi connectivity index (χ2v) is 5.93. The van der Waals surface area contributed by atoms with Crippen LogP contribution in [0.3, 0.4) is 0 Å². The zero-order valence-electron chi connectivity index (χ0n) is 14.8. The average molecular weight is 345 g/mol. The smallest absolute Gasteiger partial charge is 0.119 e. The second-order valence-electron chi connectivity index (χ2n) is 5.93. The number of aromatic nitrogens is 1. The van der Waals surface area contributed by atoms with Gasteiger partial charge in [0.2, 0.25) is 0 Å². The van der Waals surface area contributed by atoms with Crippen LogP contribution in [0.4, 0.5) is 0 Å². The van der Waals surface area contributed by atoms with Crippen molar-refractivity contribution in [3.63, 3.8) is 0 Å². The molecule has 6 heteroatoms. The molecule has 0 radical (unpaired) electrons. The van der Waals surface area contributed by atoms with E-state index in [0.717, 1.165) is 28.7 Å². The van der Waals surface area contributed by atoms with Crippen LogP contribution in [-0.2, 0) is 6.54 Å². The van der Waals surface area contributed by atoms with Crippen molar-refractivity contribution in [2.24, 2.45) is 5.11 Å². The number of benzene rings is 2. The fraction of sp³-hybridized carbons (Fsp3) is 0.250. The molecule has 0 aliphatic carbocycles. The maximum absolute atomic E-state index is 9.75. The zero-order valence-corrected chi connectivity index (χ0v) is 14.8. The highest BCUT2D eigenvalue weighted by atomic mass is 16.5. The molecule has 0 amide bonds. The highest BCUT2D eigenvalue weighted by Gasteiger charge is 2.17. The minimum Gasteiger partial charge on any atom is -0.493 e. The minimum atomic E-state index is 0.292. The molecule has 0 atom stereocenters. The topological polar surface area (TPSA) is 86.7 Å². The first-order chi connectivity index (χ1) is 12.7. The predicted octanol–water partition coefficient (Wildman–Crippen LogP) is 5.20. The molecule has 6 nitrogen and oxygen atoms in total. The number of fused-ring (bicyclic) bond motifs is 1. The summed E-state index contributed by atoms with van der Waals surface area (Å²) in [6, 6.07) is 16.2. The van der Waals surface area contributed by atoms with Crippen molar-refractivity contribution in [3.8, 4) is 23.1 Å². The summed E-state index contributed by atoms with van der Waals surface area (Å²) in [6.07, 6.45) is 0. The maximum atomic E-state index is 9.75.